The Morgan fingerprint density at radius 1 is 1.31 bits per heavy atom. The zero-order valence-corrected chi connectivity index (χ0v) is 11.0. The van der Waals surface area contributed by atoms with Crippen LogP contribution in [0.5, 0.6) is 5.75 Å². The van der Waals surface area contributed by atoms with Crippen LogP contribution in [-0.4, -0.2) is 11.1 Å². The first-order valence-corrected chi connectivity index (χ1v) is 5.80. The normalized spacial score (nSPS) is 13.9. The molecular formula is C14H23NO. The van der Waals surface area contributed by atoms with E-state index < -0.39 is 0 Å². The summed E-state index contributed by atoms with van der Waals surface area (Å²) in [5.74, 6) is 0.383. The van der Waals surface area contributed by atoms with Gasteiger partial charge in [0.15, 0.2) is 0 Å². The number of aromatic hydroxyl groups is 1. The molecular weight excluding hydrogens is 198 g/mol. The molecule has 0 heterocycles. The Labute approximate surface area is 98.5 Å². The summed E-state index contributed by atoms with van der Waals surface area (Å²) >= 11 is 0. The lowest BCUT2D eigenvalue weighted by Gasteiger charge is -2.22. The van der Waals surface area contributed by atoms with Crippen LogP contribution in [0, 0.1) is 6.92 Å². The zero-order chi connectivity index (χ0) is 12.5. The second-order valence-electron chi connectivity index (χ2n) is 5.73. The molecule has 1 aromatic rings. The van der Waals surface area contributed by atoms with Crippen molar-refractivity contribution in [1.29, 1.82) is 0 Å². The van der Waals surface area contributed by atoms with E-state index in [0.29, 0.717) is 5.75 Å². The van der Waals surface area contributed by atoms with Gasteiger partial charge in [-0.05, 0) is 48.4 Å². The summed E-state index contributed by atoms with van der Waals surface area (Å²) < 4.78 is 0. The van der Waals surface area contributed by atoms with E-state index in [1.54, 1.807) is 0 Å². The van der Waals surface area contributed by atoms with Crippen molar-refractivity contribution in [3.8, 4) is 5.75 Å². The Bertz CT molecular complexity index is 375. The minimum atomic E-state index is -0.0261. The zero-order valence-electron chi connectivity index (χ0n) is 11.0. The van der Waals surface area contributed by atoms with Crippen LogP contribution >= 0.6 is 0 Å². The molecule has 2 heteroatoms. The van der Waals surface area contributed by atoms with Crippen molar-refractivity contribution < 1.29 is 5.11 Å². The van der Waals surface area contributed by atoms with Crippen molar-refractivity contribution >= 4 is 0 Å². The average molecular weight is 221 g/mol. The number of aryl methyl sites for hydroxylation is 1. The fraction of sp³-hybridized carbons (Fsp3) is 0.571. The lowest BCUT2D eigenvalue weighted by molar-refractivity contribution is 0.445. The molecule has 2 nitrogen and oxygen atoms in total. The van der Waals surface area contributed by atoms with Crippen molar-refractivity contribution in [1.82, 2.24) is 0 Å². The Kier molecular flexibility index (Phi) is 3.64. The quantitative estimate of drug-likeness (QED) is 0.806. The molecule has 0 radical (unpaired) electrons. The van der Waals surface area contributed by atoms with E-state index in [1.807, 2.05) is 13.0 Å². The first kappa shape index (κ1) is 13.0. The summed E-state index contributed by atoms with van der Waals surface area (Å²) in [5, 5.41) is 10.0. The molecule has 3 N–H and O–H groups in total. The molecule has 1 unspecified atom stereocenters. The second kappa shape index (κ2) is 4.46. The first-order valence-electron chi connectivity index (χ1n) is 5.80. The van der Waals surface area contributed by atoms with Crippen molar-refractivity contribution in [2.45, 2.75) is 52.5 Å². The van der Waals surface area contributed by atoms with Gasteiger partial charge in [0.1, 0.15) is 5.75 Å². The molecule has 0 aromatic heterocycles. The fourth-order valence-corrected chi connectivity index (χ4v) is 1.91. The molecule has 0 saturated carbocycles. The van der Waals surface area contributed by atoms with Gasteiger partial charge in [-0.15, -0.1) is 0 Å². The van der Waals surface area contributed by atoms with Crippen molar-refractivity contribution in [2.24, 2.45) is 5.73 Å². The summed E-state index contributed by atoms with van der Waals surface area (Å²) in [6.45, 7) is 10.4. The molecule has 0 aliphatic rings. The predicted molar refractivity (Wildman–Crippen MR) is 68.9 cm³/mol. The smallest absolute Gasteiger partial charge is 0.119 e. The van der Waals surface area contributed by atoms with Gasteiger partial charge in [-0.25, -0.2) is 0 Å². The van der Waals surface area contributed by atoms with Gasteiger partial charge < -0.3 is 10.8 Å². The molecule has 0 fully saturated rings. The molecule has 0 aliphatic carbocycles. The van der Waals surface area contributed by atoms with Crippen LogP contribution in [0.4, 0.5) is 0 Å². The van der Waals surface area contributed by atoms with E-state index in [-0.39, 0.29) is 11.5 Å². The minimum absolute atomic E-state index is 0.0261. The third-order valence-electron chi connectivity index (χ3n) is 2.80. The Balaban J connectivity index is 3.17. The van der Waals surface area contributed by atoms with Gasteiger partial charge in [-0.3, -0.25) is 0 Å². The third-order valence-corrected chi connectivity index (χ3v) is 2.80. The molecule has 1 atom stereocenters. The lowest BCUT2D eigenvalue weighted by Crippen LogP contribution is -2.19. The molecule has 0 amide bonds. The summed E-state index contributed by atoms with van der Waals surface area (Å²) in [6, 6.07) is 4.06. The van der Waals surface area contributed by atoms with Gasteiger partial charge in [-0.2, -0.15) is 0 Å². The van der Waals surface area contributed by atoms with E-state index in [4.69, 9.17) is 5.73 Å². The highest BCUT2D eigenvalue weighted by Gasteiger charge is 2.19. The molecule has 1 aromatic carbocycles. The lowest BCUT2D eigenvalue weighted by atomic mass is 9.84. The Morgan fingerprint density at radius 3 is 2.31 bits per heavy atom. The highest BCUT2D eigenvalue weighted by atomic mass is 16.3. The Hall–Kier alpha value is -1.02. The molecule has 0 aliphatic heterocycles. The van der Waals surface area contributed by atoms with Gasteiger partial charge in [0.25, 0.3) is 0 Å². The minimum Gasteiger partial charge on any atom is -0.508 e. The van der Waals surface area contributed by atoms with Crippen LogP contribution in [0.3, 0.4) is 0 Å². The number of nitrogens with two attached hydrogens (primary N) is 1. The van der Waals surface area contributed by atoms with Crippen LogP contribution in [-0.2, 0) is 11.8 Å². The topological polar surface area (TPSA) is 46.2 Å². The van der Waals surface area contributed by atoms with Crippen LogP contribution in [0.15, 0.2) is 12.1 Å². The SMILES string of the molecule is Cc1cc(C(C)(C)C)c(O)cc1CC(C)N. The van der Waals surface area contributed by atoms with Gasteiger partial charge in [-0.1, -0.05) is 26.8 Å². The highest BCUT2D eigenvalue weighted by Crippen LogP contribution is 2.33. The van der Waals surface area contributed by atoms with Crippen LogP contribution < -0.4 is 5.73 Å². The van der Waals surface area contributed by atoms with E-state index in [2.05, 4.69) is 33.8 Å². The maximum Gasteiger partial charge on any atom is 0.119 e. The standard InChI is InChI=1S/C14H23NO/c1-9-6-12(14(3,4)5)13(16)8-11(9)7-10(2)15/h6,8,10,16H,7,15H2,1-5H3. The second-order valence-corrected chi connectivity index (χ2v) is 5.73. The van der Waals surface area contributed by atoms with Crippen LogP contribution in [0.1, 0.15) is 44.4 Å². The molecule has 16 heavy (non-hydrogen) atoms. The Morgan fingerprint density at radius 2 is 1.88 bits per heavy atom. The largest absolute Gasteiger partial charge is 0.508 e. The monoisotopic (exact) mass is 221 g/mol. The molecule has 0 bridgehead atoms. The van der Waals surface area contributed by atoms with E-state index in [0.717, 1.165) is 17.5 Å². The maximum atomic E-state index is 10.0. The van der Waals surface area contributed by atoms with Gasteiger partial charge in [0.05, 0.1) is 0 Å². The number of phenols is 1. The predicted octanol–water partition coefficient (Wildman–Crippen LogP) is 2.89. The molecule has 90 valence electrons. The van der Waals surface area contributed by atoms with Crippen molar-refractivity contribution in [2.75, 3.05) is 0 Å². The van der Waals surface area contributed by atoms with E-state index >= 15 is 0 Å². The average Bonchev–Trinajstić information content (AvgIpc) is 2.07. The number of hydrogen-bond donors (Lipinski definition) is 2. The highest BCUT2D eigenvalue weighted by molar-refractivity contribution is 5.45. The first-order chi connectivity index (χ1) is 7.21. The number of hydrogen-bond acceptors (Lipinski definition) is 2. The van der Waals surface area contributed by atoms with Crippen molar-refractivity contribution in [3.05, 3.63) is 28.8 Å². The van der Waals surface area contributed by atoms with E-state index in [9.17, 15) is 5.11 Å². The summed E-state index contributed by atoms with van der Waals surface area (Å²) in [5.41, 5.74) is 9.11. The van der Waals surface area contributed by atoms with Crippen molar-refractivity contribution in [3.63, 3.8) is 0 Å². The summed E-state index contributed by atoms with van der Waals surface area (Å²) in [7, 11) is 0. The molecule has 1 rings (SSSR count). The van der Waals surface area contributed by atoms with Crippen LogP contribution in [0.2, 0.25) is 0 Å². The van der Waals surface area contributed by atoms with Gasteiger partial charge >= 0.3 is 0 Å². The number of phenolic OH excluding ortho intramolecular Hbond substituents is 1. The number of benzene rings is 1. The maximum absolute atomic E-state index is 10.0. The van der Waals surface area contributed by atoms with Gasteiger partial charge in [0, 0.05) is 6.04 Å². The van der Waals surface area contributed by atoms with Gasteiger partial charge in [0.2, 0.25) is 0 Å². The van der Waals surface area contributed by atoms with E-state index in [1.165, 1.54) is 5.56 Å². The summed E-state index contributed by atoms with van der Waals surface area (Å²) in [6.07, 6.45) is 0.809. The van der Waals surface area contributed by atoms with Crippen LogP contribution in [0.25, 0.3) is 0 Å². The molecule has 0 spiro atoms. The number of rotatable bonds is 2. The third kappa shape index (κ3) is 2.99. The molecule has 0 saturated heterocycles. The summed E-state index contributed by atoms with van der Waals surface area (Å²) in [4.78, 5) is 0. The fourth-order valence-electron chi connectivity index (χ4n) is 1.91.